The highest BCUT2D eigenvalue weighted by Gasteiger charge is 2.28. The maximum absolute atomic E-state index is 11.6. The Hall–Kier alpha value is -0.570. The first kappa shape index (κ1) is 12.5. The van der Waals surface area contributed by atoms with Gasteiger partial charge in [-0.25, -0.2) is 0 Å². The van der Waals surface area contributed by atoms with E-state index in [0.717, 1.165) is 18.9 Å². The molecule has 0 aromatic carbocycles. The molecule has 2 atom stereocenters. The third-order valence-electron chi connectivity index (χ3n) is 3.09. The highest BCUT2D eigenvalue weighted by molar-refractivity contribution is 5.81. The predicted octanol–water partition coefficient (Wildman–Crippen LogP) is 1.52. The fourth-order valence-corrected chi connectivity index (χ4v) is 1.84. The summed E-state index contributed by atoms with van der Waals surface area (Å²) in [5, 5.41) is 2.94. The molecule has 0 radical (unpaired) electrons. The van der Waals surface area contributed by atoms with Crippen molar-refractivity contribution in [2.24, 2.45) is 23.5 Å². The molecule has 3 N–H and O–H groups in total. The van der Waals surface area contributed by atoms with Crippen LogP contribution in [-0.4, -0.2) is 18.5 Å². The lowest BCUT2D eigenvalue weighted by molar-refractivity contribution is -0.122. The van der Waals surface area contributed by atoms with Crippen LogP contribution in [0.1, 0.15) is 40.0 Å². The molecule has 3 nitrogen and oxygen atoms in total. The number of hydrogen-bond acceptors (Lipinski definition) is 2. The molecule has 1 rings (SSSR count). The van der Waals surface area contributed by atoms with Crippen molar-refractivity contribution in [3.8, 4) is 0 Å². The van der Waals surface area contributed by atoms with Gasteiger partial charge in [-0.15, -0.1) is 0 Å². The Balaban J connectivity index is 2.16. The molecule has 0 aliphatic heterocycles. The van der Waals surface area contributed by atoms with E-state index in [1.165, 1.54) is 12.8 Å². The van der Waals surface area contributed by atoms with Gasteiger partial charge in [-0.3, -0.25) is 4.79 Å². The van der Waals surface area contributed by atoms with E-state index in [-0.39, 0.29) is 11.9 Å². The quantitative estimate of drug-likeness (QED) is 0.701. The first-order valence-electron chi connectivity index (χ1n) is 6.04. The monoisotopic (exact) mass is 212 g/mol. The van der Waals surface area contributed by atoms with E-state index in [0.29, 0.717) is 11.8 Å². The molecular formula is C12H24N2O. The first-order valence-corrected chi connectivity index (χ1v) is 6.04. The lowest BCUT2D eigenvalue weighted by atomic mass is 10.0. The Morgan fingerprint density at radius 2 is 2.00 bits per heavy atom. The van der Waals surface area contributed by atoms with E-state index in [4.69, 9.17) is 5.73 Å². The maximum atomic E-state index is 11.6. The van der Waals surface area contributed by atoms with Crippen molar-refractivity contribution < 1.29 is 4.79 Å². The molecule has 1 saturated carbocycles. The highest BCUT2D eigenvalue weighted by Crippen LogP contribution is 2.36. The van der Waals surface area contributed by atoms with Crippen LogP contribution >= 0.6 is 0 Å². The second kappa shape index (κ2) is 5.50. The molecular weight excluding hydrogens is 188 g/mol. The Labute approximate surface area is 92.8 Å². The van der Waals surface area contributed by atoms with Gasteiger partial charge in [0.25, 0.3) is 0 Å². The summed E-state index contributed by atoms with van der Waals surface area (Å²) < 4.78 is 0. The fraction of sp³-hybridized carbons (Fsp3) is 0.917. The van der Waals surface area contributed by atoms with Crippen molar-refractivity contribution >= 4 is 5.91 Å². The molecule has 0 saturated heterocycles. The molecule has 15 heavy (non-hydrogen) atoms. The van der Waals surface area contributed by atoms with E-state index in [1.54, 1.807) is 0 Å². The van der Waals surface area contributed by atoms with E-state index in [2.05, 4.69) is 26.1 Å². The molecule has 1 fully saturated rings. The number of rotatable bonds is 6. The lowest BCUT2D eigenvalue weighted by Crippen LogP contribution is -2.43. The van der Waals surface area contributed by atoms with Gasteiger partial charge in [-0.2, -0.15) is 0 Å². The van der Waals surface area contributed by atoms with E-state index in [9.17, 15) is 4.79 Å². The summed E-state index contributed by atoms with van der Waals surface area (Å²) in [7, 11) is 0. The Bertz CT molecular complexity index is 212. The summed E-state index contributed by atoms with van der Waals surface area (Å²) in [6.07, 6.45) is 3.42. The van der Waals surface area contributed by atoms with Crippen LogP contribution < -0.4 is 11.1 Å². The average molecular weight is 212 g/mol. The Morgan fingerprint density at radius 1 is 1.40 bits per heavy atom. The zero-order chi connectivity index (χ0) is 11.4. The van der Waals surface area contributed by atoms with E-state index >= 15 is 0 Å². The number of nitrogens with two attached hydrogens (primary N) is 1. The number of hydrogen-bond donors (Lipinski definition) is 2. The Morgan fingerprint density at radius 3 is 2.47 bits per heavy atom. The molecule has 1 aliphatic carbocycles. The van der Waals surface area contributed by atoms with E-state index < -0.39 is 0 Å². The van der Waals surface area contributed by atoms with Crippen LogP contribution in [0.3, 0.4) is 0 Å². The SMILES string of the molecule is CC(C)C[C@@H](N)C(=O)NCC(C)C1CC1. The minimum absolute atomic E-state index is 0.0104. The Kier molecular flexibility index (Phi) is 4.58. The summed E-state index contributed by atoms with van der Waals surface area (Å²) in [6.45, 7) is 7.15. The van der Waals surface area contributed by atoms with Crippen LogP contribution in [0.2, 0.25) is 0 Å². The molecule has 1 aliphatic rings. The minimum Gasteiger partial charge on any atom is -0.354 e. The van der Waals surface area contributed by atoms with Crippen molar-refractivity contribution in [3.05, 3.63) is 0 Å². The lowest BCUT2D eigenvalue weighted by Gasteiger charge is -2.16. The maximum Gasteiger partial charge on any atom is 0.236 e. The number of carbonyl (C=O) groups is 1. The third kappa shape index (κ3) is 4.65. The molecule has 0 spiro atoms. The smallest absolute Gasteiger partial charge is 0.236 e. The number of carbonyl (C=O) groups excluding carboxylic acids is 1. The van der Waals surface area contributed by atoms with Crippen molar-refractivity contribution in [3.63, 3.8) is 0 Å². The highest BCUT2D eigenvalue weighted by atomic mass is 16.2. The van der Waals surface area contributed by atoms with Gasteiger partial charge < -0.3 is 11.1 Å². The zero-order valence-electron chi connectivity index (χ0n) is 10.1. The van der Waals surface area contributed by atoms with Crippen molar-refractivity contribution in [2.45, 2.75) is 46.1 Å². The summed E-state index contributed by atoms with van der Waals surface area (Å²) in [4.78, 5) is 11.6. The fourth-order valence-electron chi connectivity index (χ4n) is 1.84. The molecule has 3 heteroatoms. The van der Waals surface area contributed by atoms with Crippen LogP contribution in [0, 0.1) is 17.8 Å². The van der Waals surface area contributed by atoms with Crippen LogP contribution in [0.4, 0.5) is 0 Å². The number of nitrogens with one attached hydrogen (secondary N) is 1. The zero-order valence-corrected chi connectivity index (χ0v) is 10.1. The summed E-state index contributed by atoms with van der Waals surface area (Å²) in [5.41, 5.74) is 5.78. The summed E-state index contributed by atoms with van der Waals surface area (Å²) >= 11 is 0. The van der Waals surface area contributed by atoms with Gasteiger partial charge >= 0.3 is 0 Å². The average Bonchev–Trinajstić information content (AvgIpc) is 2.95. The van der Waals surface area contributed by atoms with Gasteiger partial charge in [-0.05, 0) is 37.0 Å². The second-order valence-corrected chi connectivity index (χ2v) is 5.30. The topological polar surface area (TPSA) is 55.1 Å². The molecule has 1 amide bonds. The van der Waals surface area contributed by atoms with Gasteiger partial charge in [0.15, 0.2) is 0 Å². The van der Waals surface area contributed by atoms with Crippen LogP contribution in [0.5, 0.6) is 0 Å². The van der Waals surface area contributed by atoms with Gasteiger partial charge in [0, 0.05) is 6.54 Å². The van der Waals surface area contributed by atoms with Crippen molar-refractivity contribution in [1.82, 2.24) is 5.32 Å². The van der Waals surface area contributed by atoms with Crippen LogP contribution in [0.15, 0.2) is 0 Å². The molecule has 88 valence electrons. The standard InChI is InChI=1S/C12H24N2O/c1-8(2)6-11(13)12(15)14-7-9(3)10-4-5-10/h8-11H,4-7,13H2,1-3H3,(H,14,15)/t9?,11-/m1/s1. The largest absolute Gasteiger partial charge is 0.354 e. The van der Waals surface area contributed by atoms with Crippen molar-refractivity contribution in [1.29, 1.82) is 0 Å². The first-order chi connectivity index (χ1) is 7.00. The third-order valence-corrected chi connectivity index (χ3v) is 3.09. The van der Waals surface area contributed by atoms with Gasteiger partial charge in [0.05, 0.1) is 6.04 Å². The molecule has 0 aromatic heterocycles. The normalized spacial score (nSPS) is 20.1. The predicted molar refractivity (Wildman–Crippen MR) is 62.3 cm³/mol. The van der Waals surface area contributed by atoms with E-state index in [1.807, 2.05) is 0 Å². The second-order valence-electron chi connectivity index (χ2n) is 5.30. The van der Waals surface area contributed by atoms with Crippen molar-refractivity contribution in [2.75, 3.05) is 6.54 Å². The van der Waals surface area contributed by atoms with Gasteiger partial charge in [-0.1, -0.05) is 20.8 Å². The molecule has 0 bridgehead atoms. The summed E-state index contributed by atoms with van der Waals surface area (Å²) in [6, 6.07) is -0.337. The van der Waals surface area contributed by atoms with Gasteiger partial charge in [0.2, 0.25) is 5.91 Å². The molecule has 0 aromatic rings. The summed E-state index contributed by atoms with van der Waals surface area (Å²) in [5.74, 6) is 1.94. The van der Waals surface area contributed by atoms with Crippen LogP contribution in [-0.2, 0) is 4.79 Å². The van der Waals surface area contributed by atoms with Gasteiger partial charge in [0.1, 0.15) is 0 Å². The minimum atomic E-state index is -0.337. The molecule has 1 unspecified atom stereocenters. The van der Waals surface area contributed by atoms with Crippen LogP contribution in [0.25, 0.3) is 0 Å². The number of amides is 1. The molecule has 0 heterocycles.